The van der Waals surface area contributed by atoms with Gasteiger partial charge in [-0.25, -0.2) is 0 Å². The molecular formula is C41H50O2. The molecule has 0 aliphatic heterocycles. The second-order valence-corrected chi connectivity index (χ2v) is 16.0. The summed E-state index contributed by atoms with van der Waals surface area (Å²) in [7, 11) is 0. The van der Waals surface area contributed by atoms with Gasteiger partial charge in [0.25, 0.3) is 0 Å². The molecule has 0 bridgehead atoms. The topological polar surface area (TPSA) is 40.5 Å². The van der Waals surface area contributed by atoms with Crippen molar-refractivity contribution in [2.75, 3.05) is 13.2 Å². The van der Waals surface area contributed by atoms with Gasteiger partial charge in [0.15, 0.2) is 0 Å². The Morgan fingerprint density at radius 2 is 0.791 bits per heavy atom. The van der Waals surface area contributed by atoms with Crippen LogP contribution in [0.5, 0.6) is 0 Å². The van der Waals surface area contributed by atoms with Crippen LogP contribution in [0.4, 0.5) is 0 Å². The molecule has 4 aromatic rings. The lowest BCUT2D eigenvalue weighted by Gasteiger charge is -2.38. The van der Waals surface area contributed by atoms with E-state index in [1.807, 2.05) is 0 Å². The minimum absolute atomic E-state index is 0.0640. The van der Waals surface area contributed by atoms with Gasteiger partial charge in [0.05, 0.1) is 18.6 Å². The largest absolute Gasteiger partial charge is 0.395 e. The molecule has 1 aliphatic rings. The predicted octanol–water partition coefficient (Wildman–Crippen LogP) is 9.18. The molecule has 43 heavy (non-hydrogen) atoms. The van der Waals surface area contributed by atoms with Crippen LogP contribution in [0.25, 0.3) is 11.1 Å². The Balaban J connectivity index is 2.03. The van der Waals surface area contributed by atoms with Crippen LogP contribution < -0.4 is 0 Å². The summed E-state index contributed by atoms with van der Waals surface area (Å²) in [6.07, 6.45) is 0. The summed E-state index contributed by atoms with van der Waals surface area (Å²) in [5, 5.41) is 21.1. The van der Waals surface area contributed by atoms with Gasteiger partial charge in [-0.1, -0.05) is 154 Å². The fraction of sp³-hybridized carbons (Fsp3) is 0.415. The number of hydrogen-bond acceptors (Lipinski definition) is 2. The summed E-state index contributed by atoms with van der Waals surface area (Å²) in [6.45, 7) is 22.3. The van der Waals surface area contributed by atoms with Gasteiger partial charge >= 0.3 is 0 Å². The summed E-state index contributed by atoms with van der Waals surface area (Å²) >= 11 is 0. The third kappa shape index (κ3) is 5.17. The van der Waals surface area contributed by atoms with E-state index >= 15 is 0 Å². The van der Waals surface area contributed by atoms with Gasteiger partial charge in [-0.2, -0.15) is 0 Å². The first-order valence-electron chi connectivity index (χ1n) is 15.7. The van der Waals surface area contributed by atoms with Crippen molar-refractivity contribution in [1.82, 2.24) is 0 Å². The molecule has 2 heteroatoms. The normalized spacial score (nSPS) is 14.9. The Bertz CT molecular complexity index is 1530. The number of rotatable bonds is 6. The van der Waals surface area contributed by atoms with Gasteiger partial charge in [-0.3, -0.25) is 0 Å². The second-order valence-electron chi connectivity index (χ2n) is 16.0. The van der Waals surface area contributed by atoms with Crippen molar-refractivity contribution in [3.05, 3.63) is 129 Å². The summed E-state index contributed by atoms with van der Waals surface area (Å²) in [5.41, 5.74) is 10.7. The average Bonchev–Trinajstić information content (AvgIpc) is 3.27. The Morgan fingerprint density at radius 3 is 1.12 bits per heavy atom. The van der Waals surface area contributed by atoms with Crippen LogP contribution in [0, 0.1) is 0 Å². The number of aliphatic hydroxyl groups excluding tert-OH is 2. The first kappa shape index (κ1) is 31.2. The molecule has 0 heterocycles. The van der Waals surface area contributed by atoms with Crippen molar-refractivity contribution < 1.29 is 10.2 Å². The molecule has 2 nitrogen and oxygen atoms in total. The molecule has 0 aromatic heterocycles. The van der Waals surface area contributed by atoms with Crippen LogP contribution in [-0.4, -0.2) is 23.4 Å². The molecule has 0 fully saturated rings. The van der Waals surface area contributed by atoms with Crippen molar-refractivity contribution in [2.45, 2.75) is 96.3 Å². The minimum Gasteiger partial charge on any atom is -0.395 e. The average molecular weight is 575 g/mol. The van der Waals surface area contributed by atoms with Crippen LogP contribution in [0.15, 0.2) is 84.9 Å². The zero-order valence-electron chi connectivity index (χ0n) is 27.9. The Hall–Kier alpha value is -3.20. The number of fused-ring (bicyclic) bond motifs is 3. The van der Waals surface area contributed by atoms with Crippen LogP contribution in [0.3, 0.4) is 0 Å². The van der Waals surface area contributed by atoms with Crippen molar-refractivity contribution in [2.24, 2.45) is 0 Å². The number of benzene rings is 4. The molecule has 1 aliphatic carbocycles. The third-order valence-corrected chi connectivity index (χ3v) is 9.77. The molecule has 0 amide bonds. The zero-order chi connectivity index (χ0) is 31.6. The minimum atomic E-state index is -0.587. The van der Waals surface area contributed by atoms with E-state index in [4.69, 9.17) is 0 Å². The maximum absolute atomic E-state index is 10.5. The van der Waals surface area contributed by atoms with Crippen LogP contribution in [0.1, 0.15) is 114 Å². The fourth-order valence-electron chi connectivity index (χ4n) is 6.54. The third-order valence-electron chi connectivity index (χ3n) is 9.77. The van der Waals surface area contributed by atoms with Crippen LogP contribution in [0.2, 0.25) is 0 Å². The quantitative estimate of drug-likeness (QED) is 0.212. The highest BCUT2D eigenvalue weighted by atomic mass is 16.3. The van der Waals surface area contributed by atoms with E-state index in [2.05, 4.69) is 154 Å². The first-order chi connectivity index (χ1) is 20.0. The Morgan fingerprint density at radius 1 is 0.465 bits per heavy atom. The smallest absolute Gasteiger partial charge is 0.0713 e. The van der Waals surface area contributed by atoms with E-state index in [9.17, 15) is 10.2 Å². The van der Waals surface area contributed by atoms with Gasteiger partial charge < -0.3 is 10.2 Å². The molecule has 0 saturated carbocycles. The summed E-state index contributed by atoms with van der Waals surface area (Å²) in [6, 6.07) is 31.9. The van der Waals surface area contributed by atoms with E-state index in [-0.39, 0.29) is 24.0 Å². The molecule has 226 valence electrons. The number of aliphatic hydroxyl groups is 2. The highest BCUT2D eigenvalue weighted by Crippen LogP contribution is 2.57. The maximum atomic E-state index is 10.5. The van der Waals surface area contributed by atoms with Gasteiger partial charge in [-0.05, 0) is 66.5 Å². The van der Waals surface area contributed by atoms with Crippen LogP contribution in [-0.2, 0) is 27.1 Å². The van der Waals surface area contributed by atoms with Gasteiger partial charge in [0, 0.05) is 10.8 Å². The molecule has 0 radical (unpaired) electrons. The van der Waals surface area contributed by atoms with E-state index in [1.54, 1.807) is 0 Å². The highest BCUT2D eigenvalue weighted by molar-refractivity contribution is 5.86. The van der Waals surface area contributed by atoms with E-state index < -0.39 is 16.2 Å². The molecular weight excluding hydrogens is 524 g/mol. The molecule has 0 unspecified atom stereocenters. The molecule has 0 saturated heterocycles. The lowest BCUT2D eigenvalue weighted by molar-refractivity contribution is 0.218. The summed E-state index contributed by atoms with van der Waals surface area (Å²) in [5.74, 6) is 0. The van der Waals surface area contributed by atoms with Crippen LogP contribution >= 0.6 is 0 Å². The molecule has 0 atom stereocenters. The second kappa shape index (κ2) is 10.5. The fourth-order valence-corrected chi connectivity index (χ4v) is 6.54. The van der Waals surface area contributed by atoms with Crippen molar-refractivity contribution in [3.63, 3.8) is 0 Å². The Labute approximate surface area is 259 Å². The monoisotopic (exact) mass is 574 g/mol. The summed E-state index contributed by atoms with van der Waals surface area (Å²) < 4.78 is 0. The zero-order valence-corrected chi connectivity index (χ0v) is 27.9. The molecule has 2 N–H and O–H groups in total. The number of hydrogen-bond donors (Lipinski definition) is 2. The standard InChI is InChI=1S/C41H50O2/c1-37(2,3)27-19-29(39(7,8)25-42)23-31(21-27)41(35-17-13-11-15-33(35)34-16-12-14-18-36(34)41)32-22-28(38(4,5)6)20-30(24-32)40(9,10)26-43/h11-24,42-43H,25-26H2,1-10H3. The van der Waals surface area contributed by atoms with Crippen molar-refractivity contribution >= 4 is 0 Å². The van der Waals surface area contributed by atoms with Gasteiger partial charge in [-0.15, -0.1) is 0 Å². The van der Waals surface area contributed by atoms with E-state index in [0.717, 1.165) is 11.1 Å². The van der Waals surface area contributed by atoms with Gasteiger partial charge in [0.1, 0.15) is 0 Å². The van der Waals surface area contributed by atoms with E-state index in [0.29, 0.717) is 0 Å². The van der Waals surface area contributed by atoms with Gasteiger partial charge in [0.2, 0.25) is 0 Å². The lowest BCUT2D eigenvalue weighted by Crippen LogP contribution is -2.33. The molecule has 4 aromatic carbocycles. The SMILES string of the molecule is CC(C)(C)c1cc(C(C)(C)CO)cc(C2(c3cc(C(C)(C)C)cc(C(C)(C)CO)c3)c3ccccc3-c3ccccc32)c1. The lowest BCUT2D eigenvalue weighted by atomic mass is 9.64. The molecule has 5 rings (SSSR count). The predicted molar refractivity (Wildman–Crippen MR) is 181 cm³/mol. The molecule has 0 spiro atoms. The first-order valence-corrected chi connectivity index (χ1v) is 15.7. The van der Waals surface area contributed by atoms with E-state index in [1.165, 1.54) is 44.5 Å². The summed E-state index contributed by atoms with van der Waals surface area (Å²) in [4.78, 5) is 0. The van der Waals surface area contributed by atoms with Crippen molar-refractivity contribution in [1.29, 1.82) is 0 Å². The van der Waals surface area contributed by atoms with Crippen molar-refractivity contribution in [3.8, 4) is 11.1 Å². The maximum Gasteiger partial charge on any atom is 0.0713 e. The Kier molecular flexibility index (Phi) is 7.60. The highest BCUT2D eigenvalue weighted by Gasteiger charge is 2.47.